The highest BCUT2D eigenvalue weighted by Gasteiger charge is 2.20. The lowest BCUT2D eigenvalue weighted by atomic mass is 10.1. The van der Waals surface area contributed by atoms with Crippen LogP contribution in [0.2, 0.25) is 0 Å². The SMILES string of the molecule is Fc1cc(CNC2CC2)ccc1-c1cccs1. The molecular weight excluding hydrogens is 233 g/mol. The van der Waals surface area contributed by atoms with Gasteiger partial charge in [-0.3, -0.25) is 0 Å². The van der Waals surface area contributed by atoms with E-state index in [0.717, 1.165) is 17.0 Å². The first-order chi connectivity index (χ1) is 8.33. The van der Waals surface area contributed by atoms with Gasteiger partial charge in [-0.05, 0) is 35.9 Å². The monoisotopic (exact) mass is 247 g/mol. The third-order valence-electron chi connectivity index (χ3n) is 2.99. The van der Waals surface area contributed by atoms with E-state index in [9.17, 15) is 4.39 Å². The highest BCUT2D eigenvalue weighted by atomic mass is 32.1. The first kappa shape index (κ1) is 10.9. The molecule has 2 aromatic rings. The fraction of sp³-hybridized carbons (Fsp3) is 0.286. The zero-order valence-corrected chi connectivity index (χ0v) is 10.3. The Bertz CT molecular complexity index is 503. The lowest BCUT2D eigenvalue weighted by Crippen LogP contribution is -2.15. The fourth-order valence-corrected chi connectivity index (χ4v) is 2.60. The lowest BCUT2D eigenvalue weighted by molar-refractivity contribution is 0.623. The number of hydrogen-bond acceptors (Lipinski definition) is 2. The smallest absolute Gasteiger partial charge is 0.132 e. The van der Waals surface area contributed by atoms with Crippen LogP contribution >= 0.6 is 11.3 Å². The topological polar surface area (TPSA) is 12.0 Å². The van der Waals surface area contributed by atoms with Gasteiger partial charge in [0.15, 0.2) is 0 Å². The summed E-state index contributed by atoms with van der Waals surface area (Å²) in [6.07, 6.45) is 2.52. The molecule has 1 aliphatic carbocycles. The molecule has 1 saturated carbocycles. The molecule has 1 aliphatic rings. The lowest BCUT2D eigenvalue weighted by Gasteiger charge is -2.06. The number of halogens is 1. The second kappa shape index (κ2) is 4.59. The summed E-state index contributed by atoms with van der Waals surface area (Å²) < 4.78 is 13.9. The van der Waals surface area contributed by atoms with Crippen molar-refractivity contribution in [3.63, 3.8) is 0 Å². The molecule has 1 N–H and O–H groups in total. The zero-order chi connectivity index (χ0) is 11.7. The zero-order valence-electron chi connectivity index (χ0n) is 9.45. The van der Waals surface area contributed by atoms with Crippen LogP contribution in [0, 0.1) is 5.82 Å². The van der Waals surface area contributed by atoms with Gasteiger partial charge in [-0.1, -0.05) is 18.2 Å². The van der Waals surface area contributed by atoms with Crippen LogP contribution in [0.5, 0.6) is 0 Å². The minimum Gasteiger partial charge on any atom is -0.310 e. The van der Waals surface area contributed by atoms with Gasteiger partial charge in [0.25, 0.3) is 0 Å². The van der Waals surface area contributed by atoms with Gasteiger partial charge in [0, 0.05) is 23.0 Å². The number of benzene rings is 1. The van der Waals surface area contributed by atoms with Crippen molar-refractivity contribution in [2.24, 2.45) is 0 Å². The van der Waals surface area contributed by atoms with Gasteiger partial charge >= 0.3 is 0 Å². The second-order valence-corrected chi connectivity index (χ2v) is 5.39. The Hall–Kier alpha value is -1.19. The van der Waals surface area contributed by atoms with Crippen LogP contribution in [0.3, 0.4) is 0 Å². The van der Waals surface area contributed by atoms with E-state index in [0.29, 0.717) is 11.6 Å². The number of thiophene rings is 1. The summed E-state index contributed by atoms with van der Waals surface area (Å²) in [5, 5.41) is 5.36. The molecule has 1 aromatic heterocycles. The van der Waals surface area contributed by atoms with Crippen molar-refractivity contribution < 1.29 is 4.39 Å². The molecule has 0 atom stereocenters. The molecule has 88 valence electrons. The van der Waals surface area contributed by atoms with Gasteiger partial charge < -0.3 is 5.32 Å². The Kier molecular flexibility index (Phi) is 2.95. The van der Waals surface area contributed by atoms with E-state index in [2.05, 4.69) is 5.32 Å². The first-order valence-electron chi connectivity index (χ1n) is 5.88. The van der Waals surface area contributed by atoms with Crippen LogP contribution < -0.4 is 5.32 Å². The molecule has 0 unspecified atom stereocenters. The maximum Gasteiger partial charge on any atom is 0.132 e. The number of rotatable bonds is 4. The maximum absolute atomic E-state index is 13.9. The Balaban J connectivity index is 1.78. The van der Waals surface area contributed by atoms with Crippen molar-refractivity contribution in [3.8, 4) is 10.4 Å². The minimum atomic E-state index is -0.123. The van der Waals surface area contributed by atoms with E-state index in [1.165, 1.54) is 12.8 Å². The molecular formula is C14H14FNS. The summed E-state index contributed by atoms with van der Waals surface area (Å²) in [4.78, 5) is 0.990. The molecule has 3 rings (SSSR count). The van der Waals surface area contributed by atoms with Crippen LogP contribution in [0.15, 0.2) is 35.7 Å². The van der Waals surface area contributed by atoms with Crippen molar-refractivity contribution in [3.05, 3.63) is 47.1 Å². The summed E-state index contributed by atoms with van der Waals surface area (Å²) in [6.45, 7) is 0.770. The van der Waals surface area contributed by atoms with E-state index in [1.54, 1.807) is 17.4 Å². The second-order valence-electron chi connectivity index (χ2n) is 4.45. The van der Waals surface area contributed by atoms with Crippen LogP contribution in [-0.2, 0) is 6.54 Å². The summed E-state index contributed by atoms with van der Waals surface area (Å²) in [5.41, 5.74) is 1.73. The molecule has 1 fully saturated rings. The molecule has 0 spiro atoms. The van der Waals surface area contributed by atoms with Crippen molar-refractivity contribution in [1.29, 1.82) is 0 Å². The van der Waals surface area contributed by atoms with E-state index >= 15 is 0 Å². The number of nitrogens with one attached hydrogen (secondary N) is 1. The van der Waals surface area contributed by atoms with Crippen LogP contribution in [-0.4, -0.2) is 6.04 Å². The first-order valence-corrected chi connectivity index (χ1v) is 6.76. The van der Waals surface area contributed by atoms with E-state index < -0.39 is 0 Å². The van der Waals surface area contributed by atoms with Gasteiger partial charge in [0.1, 0.15) is 5.82 Å². The Morgan fingerprint density at radius 1 is 1.29 bits per heavy atom. The predicted molar refractivity (Wildman–Crippen MR) is 69.6 cm³/mol. The average molecular weight is 247 g/mol. The highest BCUT2D eigenvalue weighted by Crippen LogP contribution is 2.28. The fourth-order valence-electron chi connectivity index (χ4n) is 1.85. The van der Waals surface area contributed by atoms with Gasteiger partial charge in [0.05, 0.1) is 0 Å². The Morgan fingerprint density at radius 3 is 2.82 bits per heavy atom. The largest absolute Gasteiger partial charge is 0.310 e. The van der Waals surface area contributed by atoms with Gasteiger partial charge in [-0.15, -0.1) is 11.3 Å². The third kappa shape index (κ3) is 2.56. The predicted octanol–water partition coefficient (Wildman–Crippen LogP) is 3.81. The molecule has 0 saturated heterocycles. The summed E-state index contributed by atoms with van der Waals surface area (Å²) in [6, 6.07) is 10.1. The molecule has 1 nitrogen and oxygen atoms in total. The average Bonchev–Trinajstić information content (AvgIpc) is 3.01. The van der Waals surface area contributed by atoms with E-state index in [-0.39, 0.29) is 5.82 Å². The number of hydrogen-bond donors (Lipinski definition) is 1. The Labute approximate surface area is 104 Å². The molecule has 1 heterocycles. The highest BCUT2D eigenvalue weighted by molar-refractivity contribution is 7.13. The summed E-state index contributed by atoms with van der Waals surface area (Å²) >= 11 is 1.57. The molecule has 0 aliphatic heterocycles. The Morgan fingerprint density at radius 2 is 2.18 bits per heavy atom. The molecule has 0 amide bonds. The normalized spacial score (nSPS) is 15.1. The van der Waals surface area contributed by atoms with Crippen LogP contribution in [0.25, 0.3) is 10.4 Å². The molecule has 0 radical (unpaired) electrons. The maximum atomic E-state index is 13.9. The molecule has 0 bridgehead atoms. The standard InChI is InChI=1S/C14H14FNS/c15-13-8-10(9-16-11-4-5-11)3-6-12(13)14-2-1-7-17-14/h1-3,6-8,11,16H,4-5,9H2. The van der Waals surface area contributed by atoms with Crippen molar-refractivity contribution in [2.45, 2.75) is 25.4 Å². The minimum absolute atomic E-state index is 0.123. The molecule has 3 heteroatoms. The van der Waals surface area contributed by atoms with Gasteiger partial charge in [-0.25, -0.2) is 4.39 Å². The molecule has 17 heavy (non-hydrogen) atoms. The van der Waals surface area contributed by atoms with Gasteiger partial charge in [0.2, 0.25) is 0 Å². The van der Waals surface area contributed by atoms with Crippen LogP contribution in [0.4, 0.5) is 4.39 Å². The van der Waals surface area contributed by atoms with Gasteiger partial charge in [-0.2, -0.15) is 0 Å². The third-order valence-corrected chi connectivity index (χ3v) is 3.90. The summed E-state index contributed by atoms with van der Waals surface area (Å²) in [7, 11) is 0. The van der Waals surface area contributed by atoms with E-state index in [1.807, 2.05) is 29.6 Å². The summed E-state index contributed by atoms with van der Waals surface area (Å²) in [5.74, 6) is -0.123. The van der Waals surface area contributed by atoms with Crippen molar-refractivity contribution >= 4 is 11.3 Å². The molecule has 1 aromatic carbocycles. The van der Waals surface area contributed by atoms with Crippen molar-refractivity contribution in [1.82, 2.24) is 5.32 Å². The van der Waals surface area contributed by atoms with E-state index in [4.69, 9.17) is 0 Å². The quantitative estimate of drug-likeness (QED) is 0.866. The van der Waals surface area contributed by atoms with Crippen molar-refractivity contribution in [2.75, 3.05) is 0 Å². The van der Waals surface area contributed by atoms with Crippen LogP contribution in [0.1, 0.15) is 18.4 Å².